The van der Waals surface area contributed by atoms with E-state index >= 15 is 0 Å². The molecule has 0 radical (unpaired) electrons. The number of ether oxygens (including phenoxy) is 1. The molecular formula is C14H22O4S. The number of benzene rings is 1. The first-order valence-corrected chi connectivity index (χ1v) is 7.77. The second-order valence-corrected chi connectivity index (χ2v) is 4.99. The lowest BCUT2D eigenvalue weighted by Crippen LogP contribution is -1.99. The molecule has 1 atom stereocenters. The zero-order valence-corrected chi connectivity index (χ0v) is 12.2. The molecule has 0 aliphatic rings. The van der Waals surface area contributed by atoms with Crippen molar-refractivity contribution in [2.75, 3.05) is 6.61 Å². The summed E-state index contributed by atoms with van der Waals surface area (Å²) >= 11 is -2.29. The van der Waals surface area contributed by atoms with Crippen molar-refractivity contribution in [2.24, 2.45) is 0 Å². The van der Waals surface area contributed by atoms with Gasteiger partial charge >= 0.3 is 11.4 Å². The number of rotatable bonds is 10. The minimum atomic E-state index is -2.29. The molecule has 1 aromatic rings. The average Bonchev–Trinajstić information content (AvgIpc) is 2.37. The highest BCUT2D eigenvalue weighted by Gasteiger charge is 2.01. The molecule has 0 heterocycles. The van der Waals surface area contributed by atoms with E-state index in [2.05, 4.69) is 11.1 Å². The zero-order valence-electron chi connectivity index (χ0n) is 11.3. The molecule has 4 nitrogen and oxygen atoms in total. The Bertz CT molecular complexity index is 381. The van der Waals surface area contributed by atoms with Gasteiger partial charge in [-0.2, -0.15) is 4.21 Å². The molecule has 0 aliphatic heterocycles. The van der Waals surface area contributed by atoms with Crippen molar-refractivity contribution in [1.29, 1.82) is 0 Å². The van der Waals surface area contributed by atoms with Crippen molar-refractivity contribution in [3.63, 3.8) is 0 Å². The van der Waals surface area contributed by atoms with Gasteiger partial charge in [-0.15, -0.1) is 0 Å². The van der Waals surface area contributed by atoms with Crippen LogP contribution in [-0.2, 0) is 11.4 Å². The van der Waals surface area contributed by atoms with Crippen LogP contribution in [0, 0.1) is 0 Å². The largest absolute Gasteiger partial charge is 0.493 e. The fourth-order valence-electron chi connectivity index (χ4n) is 1.77. The minimum absolute atomic E-state index is 0.335. The standard InChI is InChI=1S/C14H22O4S/c1-2-3-4-5-6-7-11-17-13-9-8-10-14(12-13)18-19(15)16/h8-10,12H,2-7,11H2,1H3,(H,15,16). The molecule has 5 heteroatoms. The fraction of sp³-hybridized carbons (Fsp3) is 0.571. The lowest BCUT2D eigenvalue weighted by atomic mass is 10.1. The Morgan fingerprint density at radius 3 is 2.53 bits per heavy atom. The van der Waals surface area contributed by atoms with E-state index in [0.717, 1.165) is 6.42 Å². The highest BCUT2D eigenvalue weighted by atomic mass is 32.2. The molecule has 0 aliphatic carbocycles. The van der Waals surface area contributed by atoms with E-state index < -0.39 is 11.4 Å². The summed E-state index contributed by atoms with van der Waals surface area (Å²) in [4.78, 5) is 0. The van der Waals surface area contributed by atoms with E-state index in [4.69, 9.17) is 9.29 Å². The van der Waals surface area contributed by atoms with Crippen LogP contribution < -0.4 is 8.92 Å². The zero-order chi connectivity index (χ0) is 13.9. The maximum atomic E-state index is 10.5. The highest BCUT2D eigenvalue weighted by molar-refractivity contribution is 7.74. The summed E-state index contributed by atoms with van der Waals surface area (Å²) in [6.07, 6.45) is 7.32. The Morgan fingerprint density at radius 1 is 1.11 bits per heavy atom. The molecule has 1 aromatic carbocycles. The summed E-state index contributed by atoms with van der Waals surface area (Å²) in [5.74, 6) is 0.998. The minimum Gasteiger partial charge on any atom is -0.493 e. The molecule has 0 spiro atoms. The molecule has 19 heavy (non-hydrogen) atoms. The Balaban J connectivity index is 2.20. The summed E-state index contributed by atoms with van der Waals surface area (Å²) in [6, 6.07) is 6.78. The van der Waals surface area contributed by atoms with Gasteiger partial charge in [-0.3, -0.25) is 4.55 Å². The number of hydrogen-bond acceptors (Lipinski definition) is 3. The average molecular weight is 286 g/mol. The summed E-state index contributed by atoms with van der Waals surface area (Å²) in [7, 11) is 0. The maximum absolute atomic E-state index is 10.5. The number of hydrogen-bond donors (Lipinski definition) is 1. The van der Waals surface area contributed by atoms with Crippen molar-refractivity contribution in [3.8, 4) is 11.5 Å². The third-order valence-corrected chi connectivity index (χ3v) is 3.07. The van der Waals surface area contributed by atoms with Gasteiger partial charge in [0.2, 0.25) is 0 Å². The maximum Gasteiger partial charge on any atom is 0.357 e. The first-order valence-electron chi connectivity index (χ1n) is 6.74. The van der Waals surface area contributed by atoms with Crippen molar-refractivity contribution < 1.29 is 17.7 Å². The quantitative estimate of drug-likeness (QED) is 0.523. The third-order valence-electron chi connectivity index (χ3n) is 2.74. The monoisotopic (exact) mass is 286 g/mol. The second-order valence-electron chi connectivity index (χ2n) is 4.39. The lowest BCUT2D eigenvalue weighted by molar-refractivity contribution is 0.303. The third kappa shape index (κ3) is 7.85. The van der Waals surface area contributed by atoms with Gasteiger partial charge in [-0.1, -0.05) is 45.1 Å². The van der Waals surface area contributed by atoms with E-state index in [1.807, 2.05) is 6.07 Å². The summed E-state index contributed by atoms with van der Waals surface area (Å²) in [5.41, 5.74) is 0. The molecule has 0 bridgehead atoms. The molecule has 108 valence electrons. The molecule has 1 N–H and O–H groups in total. The van der Waals surface area contributed by atoms with Gasteiger partial charge in [0.05, 0.1) is 6.61 Å². The highest BCUT2D eigenvalue weighted by Crippen LogP contribution is 2.20. The van der Waals surface area contributed by atoms with Crippen LogP contribution in [0.4, 0.5) is 0 Å². The Kier molecular flexibility index (Phi) is 8.25. The van der Waals surface area contributed by atoms with Gasteiger partial charge in [0.15, 0.2) is 0 Å². The SMILES string of the molecule is CCCCCCCCOc1cccc(OS(=O)O)c1. The Labute approximate surface area is 117 Å². The molecule has 0 saturated carbocycles. The molecule has 0 fully saturated rings. The van der Waals surface area contributed by atoms with E-state index in [1.165, 1.54) is 32.1 Å². The van der Waals surface area contributed by atoms with Crippen LogP contribution in [0.15, 0.2) is 24.3 Å². The van der Waals surface area contributed by atoms with Crippen molar-refractivity contribution in [3.05, 3.63) is 24.3 Å². The van der Waals surface area contributed by atoms with E-state index in [0.29, 0.717) is 18.1 Å². The van der Waals surface area contributed by atoms with E-state index in [1.54, 1.807) is 18.2 Å². The molecule has 0 saturated heterocycles. The lowest BCUT2D eigenvalue weighted by Gasteiger charge is -2.07. The number of unbranched alkanes of at least 4 members (excludes halogenated alkanes) is 5. The molecule has 0 amide bonds. The van der Waals surface area contributed by atoms with E-state index in [9.17, 15) is 4.21 Å². The molecule has 1 unspecified atom stereocenters. The van der Waals surface area contributed by atoms with Crippen LogP contribution in [0.25, 0.3) is 0 Å². The Hall–Kier alpha value is -1.07. The van der Waals surface area contributed by atoms with Crippen molar-refractivity contribution in [2.45, 2.75) is 45.4 Å². The first-order chi connectivity index (χ1) is 9.22. The van der Waals surface area contributed by atoms with Gasteiger partial charge in [0, 0.05) is 6.07 Å². The van der Waals surface area contributed by atoms with Gasteiger partial charge in [-0.05, 0) is 18.6 Å². The second kappa shape index (κ2) is 9.81. The predicted molar refractivity (Wildman–Crippen MR) is 76.7 cm³/mol. The smallest absolute Gasteiger partial charge is 0.357 e. The van der Waals surface area contributed by atoms with Crippen LogP contribution in [0.5, 0.6) is 11.5 Å². The molecular weight excluding hydrogens is 264 g/mol. The summed E-state index contributed by atoms with van der Waals surface area (Å²) < 4.78 is 29.4. The van der Waals surface area contributed by atoms with Gasteiger partial charge < -0.3 is 8.92 Å². The van der Waals surface area contributed by atoms with Crippen LogP contribution in [-0.4, -0.2) is 15.4 Å². The predicted octanol–water partition coefficient (Wildman–Crippen LogP) is 3.94. The van der Waals surface area contributed by atoms with Gasteiger partial charge in [0.25, 0.3) is 0 Å². The van der Waals surface area contributed by atoms with Gasteiger partial charge in [0.1, 0.15) is 11.5 Å². The van der Waals surface area contributed by atoms with E-state index in [-0.39, 0.29) is 0 Å². The van der Waals surface area contributed by atoms with Crippen molar-refractivity contribution in [1.82, 2.24) is 0 Å². The van der Waals surface area contributed by atoms with Crippen LogP contribution in [0.3, 0.4) is 0 Å². The van der Waals surface area contributed by atoms with Crippen LogP contribution in [0.1, 0.15) is 45.4 Å². The first kappa shape index (κ1) is 16.0. The Morgan fingerprint density at radius 2 is 1.79 bits per heavy atom. The van der Waals surface area contributed by atoms with Crippen LogP contribution >= 0.6 is 0 Å². The normalized spacial score (nSPS) is 12.1. The summed E-state index contributed by atoms with van der Waals surface area (Å²) in [6.45, 7) is 2.87. The van der Waals surface area contributed by atoms with Crippen LogP contribution in [0.2, 0.25) is 0 Å². The summed E-state index contributed by atoms with van der Waals surface area (Å²) in [5, 5.41) is 0. The molecule has 1 rings (SSSR count). The topological polar surface area (TPSA) is 55.8 Å². The van der Waals surface area contributed by atoms with Gasteiger partial charge in [-0.25, -0.2) is 0 Å². The molecule has 0 aromatic heterocycles. The fourth-order valence-corrected chi connectivity index (χ4v) is 2.04. The van der Waals surface area contributed by atoms with Crippen molar-refractivity contribution >= 4 is 11.4 Å².